The molecule has 1 fully saturated rings. The van der Waals surface area contributed by atoms with Gasteiger partial charge in [0.1, 0.15) is 0 Å². The van der Waals surface area contributed by atoms with E-state index in [0.717, 1.165) is 25.0 Å². The summed E-state index contributed by atoms with van der Waals surface area (Å²) in [6.07, 6.45) is -0.935. The summed E-state index contributed by atoms with van der Waals surface area (Å²) in [6, 6.07) is 3.38. The fraction of sp³-hybridized carbons (Fsp3) is 0.357. The molecular weight excluding hydrogens is 273 g/mol. The molecule has 1 aromatic rings. The minimum Gasteiger partial charge on any atom is -0.285 e. The van der Waals surface area contributed by atoms with Crippen LogP contribution in [0, 0.1) is 17.8 Å². The van der Waals surface area contributed by atoms with Crippen LogP contribution in [0.4, 0.5) is 13.2 Å². The van der Waals surface area contributed by atoms with Gasteiger partial charge in [0.25, 0.3) is 0 Å². The van der Waals surface area contributed by atoms with Gasteiger partial charge in [0, 0.05) is 16.4 Å². The Morgan fingerprint density at radius 2 is 2.05 bits per heavy atom. The van der Waals surface area contributed by atoms with E-state index in [0.29, 0.717) is 10.5 Å². The van der Waals surface area contributed by atoms with Crippen molar-refractivity contribution in [3.05, 3.63) is 29.3 Å². The highest BCUT2D eigenvalue weighted by molar-refractivity contribution is 7.98. The van der Waals surface area contributed by atoms with Crippen molar-refractivity contribution in [3.63, 3.8) is 0 Å². The number of alkyl halides is 3. The van der Waals surface area contributed by atoms with E-state index in [-0.39, 0.29) is 11.7 Å². The second-order valence-electron chi connectivity index (χ2n) is 4.30. The summed E-state index contributed by atoms with van der Waals surface area (Å²) in [4.78, 5) is 11.9. The maximum atomic E-state index is 12.6. The average molecular weight is 284 g/mol. The quantitative estimate of drug-likeness (QED) is 0.607. The zero-order valence-corrected chi connectivity index (χ0v) is 11.0. The first-order valence-electron chi connectivity index (χ1n) is 5.73. The monoisotopic (exact) mass is 284 g/mol. The number of rotatable bonds is 2. The Morgan fingerprint density at radius 1 is 1.37 bits per heavy atom. The van der Waals surface area contributed by atoms with E-state index >= 15 is 0 Å². The summed E-state index contributed by atoms with van der Waals surface area (Å²) in [5, 5.41) is 0. The minimum absolute atomic E-state index is 0.0414. The smallest absolute Gasteiger partial charge is 0.285 e. The van der Waals surface area contributed by atoms with Crippen LogP contribution in [0.1, 0.15) is 24.0 Å². The molecule has 5 heteroatoms. The SMILES string of the molecule is CSc1cc(C(F)(F)F)ccc1C#CC(=O)C1CC1. The Balaban J connectivity index is 2.28. The molecule has 100 valence electrons. The Labute approximate surface area is 113 Å². The summed E-state index contributed by atoms with van der Waals surface area (Å²) in [6.45, 7) is 0. The minimum atomic E-state index is -4.36. The van der Waals surface area contributed by atoms with Crippen LogP contribution in [-0.4, -0.2) is 12.0 Å². The van der Waals surface area contributed by atoms with Crippen LogP contribution in [0.2, 0.25) is 0 Å². The number of benzene rings is 1. The van der Waals surface area contributed by atoms with Gasteiger partial charge in [0.15, 0.2) is 0 Å². The van der Waals surface area contributed by atoms with E-state index < -0.39 is 11.7 Å². The van der Waals surface area contributed by atoms with Crippen molar-refractivity contribution in [2.75, 3.05) is 6.26 Å². The second-order valence-corrected chi connectivity index (χ2v) is 5.15. The third-order valence-electron chi connectivity index (χ3n) is 2.80. The molecule has 19 heavy (non-hydrogen) atoms. The Kier molecular flexibility index (Phi) is 3.91. The highest BCUT2D eigenvalue weighted by Gasteiger charge is 2.31. The standard InChI is InChI=1S/C14H11F3OS/c1-19-13-8-11(14(15,16)17)6-4-10(13)5-7-12(18)9-2-3-9/h4,6,8-9H,2-3H2,1H3. The molecule has 0 atom stereocenters. The number of thioether (sulfide) groups is 1. The van der Waals surface area contributed by atoms with Crippen LogP contribution in [0.15, 0.2) is 23.1 Å². The van der Waals surface area contributed by atoms with Crippen molar-refractivity contribution in [3.8, 4) is 11.8 Å². The topological polar surface area (TPSA) is 17.1 Å². The number of hydrogen-bond donors (Lipinski definition) is 0. The molecule has 1 aromatic carbocycles. The first-order chi connectivity index (χ1) is 8.91. The molecule has 0 radical (unpaired) electrons. The van der Waals surface area contributed by atoms with Crippen molar-refractivity contribution in [2.24, 2.45) is 5.92 Å². The van der Waals surface area contributed by atoms with Gasteiger partial charge in [-0.2, -0.15) is 13.2 Å². The van der Waals surface area contributed by atoms with Gasteiger partial charge in [0.05, 0.1) is 5.56 Å². The maximum absolute atomic E-state index is 12.6. The summed E-state index contributed by atoms with van der Waals surface area (Å²) >= 11 is 1.19. The molecule has 1 saturated carbocycles. The molecule has 2 rings (SSSR count). The van der Waals surface area contributed by atoms with E-state index in [1.165, 1.54) is 17.8 Å². The maximum Gasteiger partial charge on any atom is 0.416 e. The zero-order chi connectivity index (χ0) is 14.0. The van der Waals surface area contributed by atoms with Crippen molar-refractivity contribution in [1.82, 2.24) is 0 Å². The van der Waals surface area contributed by atoms with E-state index in [1.54, 1.807) is 6.26 Å². The van der Waals surface area contributed by atoms with Crippen LogP contribution in [-0.2, 0) is 11.0 Å². The van der Waals surface area contributed by atoms with Crippen LogP contribution in [0.3, 0.4) is 0 Å². The molecule has 0 heterocycles. The summed E-state index contributed by atoms with van der Waals surface area (Å²) < 4.78 is 37.7. The second kappa shape index (κ2) is 5.30. The Morgan fingerprint density at radius 3 is 2.58 bits per heavy atom. The van der Waals surface area contributed by atoms with Crippen LogP contribution >= 0.6 is 11.8 Å². The number of ketones is 1. The predicted octanol–water partition coefficient (Wildman–Crippen LogP) is 3.76. The van der Waals surface area contributed by atoms with E-state index in [4.69, 9.17) is 0 Å². The number of halogens is 3. The molecule has 1 aliphatic carbocycles. The third-order valence-corrected chi connectivity index (χ3v) is 3.57. The first-order valence-corrected chi connectivity index (χ1v) is 6.95. The van der Waals surface area contributed by atoms with Gasteiger partial charge in [-0.05, 0) is 43.2 Å². The fourth-order valence-corrected chi connectivity index (χ4v) is 2.13. The van der Waals surface area contributed by atoms with Crippen LogP contribution in [0.5, 0.6) is 0 Å². The third kappa shape index (κ3) is 3.54. The molecule has 0 unspecified atom stereocenters. The normalized spacial score (nSPS) is 14.7. The van der Waals surface area contributed by atoms with E-state index in [1.807, 2.05) is 0 Å². The summed E-state index contributed by atoms with van der Waals surface area (Å²) in [5.41, 5.74) is -0.231. The van der Waals surface area contributed by atoms with Gasteiger partial charge < -0.3 is 0 Å². The van der Waals surface area contributed by atoms with Crippen molar-refractivity contribution >= 4 is 17.5 Å². The number of hydrogen-bond acceptors (Lipinski definition) is 2. The largest absolute Gasteiger partial charge is 0.416 e. The van der Waals surface area contributed by atoms with Crippen LogP contribution in [0.25, 0.3) is 0 Å². The number of carbonyl (C=O) groups is 1. The molecular formula is C14H11F3OS. The van der Waals surface area contributed by atoms with Crippen LogP contribution < -0.4 is 0 Å². The molecule has 0 saturated heterocycles. The van der Waals surface area contributed by atoms with Gasteiger partial charge in [-0.3, -0.25) is 4.79 Å². The highest BCUT2D eigenvalue weighted by Crippen LogP contribution is 2.33. The predicted molar refractivity (Wildman–Crippen MR) is 67.8 cm³/mol. The Hall–Kier alpha value is -1.41. The lowest BCUT2D eigenvalue weighted by molar-refractivity contribution is -0.137. The Bertz CT molecular complexity index is 562. The van der Waals surface area contributed by atoms with E-state index in [9.17, 15) is 18.0 Å². The van der Waals surface area contributed by atoms with Gasteiger partial charge in [0.2, 0.25) is 5.78 Å². The number of Topliss-reactive ketones (excluding diaryl/α,β-unsaturated/α-hetero) is 1. The molecule has 0 amide bonds. The van der Waals surface area contributed by atoms with E-state index in [2.05, 4.69) is 11.8 Å². The van der Waals surface area contributed by atoms with Crippen molar-refractivity contribution < 1.29 is 18.0 Å². The molecule has 0 aromatic heterocycles. The van der Waals surface area contributed by atoms with Crippen molar-refractivity contribution in [2.45, 2.75) is 23.9 Å². The molecule has 0 N–H and O–H groups in total. The highest BCUT2D eigenvalue weighted by atomic mass is 32.2. The van der Waals surface area contributed by atoms with Crippen molar-refractivity contribution in [1.29, 1.82) is 0 Å². The van der Waals surface area contributed by atoms with Gasteiger partial charge in [-0.25, -0.2) is 0 Å². The molecule has 0 spiro atoms. The van der Waals surface area contributed by atoms with Gasteiger partial charge in [-0.15, -0.1) is 11.8 Å². The lowest BCUT2D eigenvalue weighted by Crippen LogP contribution is -2.05. The molecule has 0 aliphatic heterocycles. The zero-order valence-electron chi connectivity index (χ0n) is 10.2. The first kappa shape index (κ1) is 14.0. The van der Waals surface area contributed by atoms with Gasteiger partial charge >= 0.3 is 6.18 Å². The average Bonchev–Trinajstić information content (AvgIpc) is 3.18. The lowest BCUT2D eigenvalue weighted by atomic mass is 10.1. The molecule has 1 aliphatic rings. The molecule has 0 bridgehead atoms. The fourth-order valence-electron chi connectivity index (χ4n) is 1.55. The summed E-state index contributed by atoms with van der Waals surface area (Å²) in [7, 11) is 0. The van der Waals surface area contributed by atoms with Gasteiger partial charge in [-0.1, -0.05) is 5.92 Å². The number of carbonyl (C=O) groups excluding carboxylic acids is 1. The lowest BCUT2D eigenvalue weighted by Gasteiger charge is -2.09. The summed E-state index contributed by atoms with van der Waals surface area (Å²) in [5.74, 6) is 5.11. The molecule has 1 nitrogen and oxygen atoms in total.